The first-order valence-electron chi connectivity index (χ1n) is 5.38. The zero-order chi connectivity index (χ0) is 12.5. The molecule has 0 saturated heterocycles. The SMILES string of the molecule is Cc1ncc(CNc2nc3ccc(Cl)cn3n2)s1. The first-order chi connectivity index (χ1) is 8.70. The summed E-state index contributed by atoms with van der Waals surface area (Å²) in [6, 6.07) is 3.62. The number of nitrogens with zero attached hydrogens (tertiary/aromatic N) is 4. The predicted octanol–water partition coefficient (Wildman–Crippen LogP) is 2.76. The van der Waals surface area contributed by atoms with E-state index in [2.05, 4.69) is 20.4 Å². The highest BCUT2D eigenvalue weighted by Crippen LogP contribution is 2.14. The van der Waals surface area contributed by atoms with E-state index in [9.17, 15) is 0 Å². The molecule has 0 radical (unpaired) electrons. The standard InChI is InChI=1S/C11H10ClN5S/c1-7-13-4-9(18-7)5-14-11-15-10-3-2-8(12)6-17(10)16-11/h2-4,6H,5H2,1H3,(H,14,16). The lowest BCUT2D eigenvalue weighted by Crippen LogP contribution is -1.99. The number of anilines is 1. The lowest BCUT2D eigenvalue weighted by Gasteiger charge is -1.96. The van der Waals surface area contributed by atoms with Crippen LogP contribution < -0.4 is 5.32 Å². The van der Waals surface area contributed by atoms with E-state index < -0.39 is 0 Å². The van der Waals surface area contributed by atoms with Gasteiger partial charge in [-0.3, -0.25) is 0 Å². The molecule has 0 bridgehead atoms. The molecule has 5 nitrogen and oxygen atoms in total. The molecular weight excluding hydrogens is 270 g/mol. The van der Waals surface area contributed by atoms with Crippen molar-refractivity contribution in [3.05, 3.63) is 39.4 Å². The number of halogens is 1. The molecule has 7 heteroatoms. The molecule has 1 N–H and O–H groups in total. The van der Waals surface area contributed by atoms with E-state index in [0.29, 0.717) is 17.5 Å². The molecular formula is C11H10ClN5S. The van der Waals surface area contributed by atoms with Gasteiger partial charge in [0.2, 0.25) is 5.95 Å². The molecule has 0 amide bonds. The fraction of sp³-hybridized carbons (Fsp3) is 0.182. The van der Waals surface area contributed by atoms with Crippen LogP contribution in [-0.4, -0.2) is 19.6 Å². The summed E-state index contributed by atoms with van der Waals surface area (Å²) in [4.78, 5) is 9.70. The maximum Gasteiger partial charge on any atom is 0.243 e. The van der Waals surface area contributed by atoms with Gasteiger partial charge in [-0.25, -0.2) is 9.50 Å². The summed E-state index contributed by atoms with van der Waals surface area (Å²) in [7, 11) is 0. The second-order valence-electron chi connectivity index (χ2n) is 3.78. The molecule has 0 fully saturated rings. The number of fused-ring (bicyclic) bond motifs is 1. The highest BCUT2D eigenvalue weighted by molar-refractivity contribution is 7.11. The zero-order valence-electron chi connectivity index (χ0n) is 9.59. The Kier molecular flexibility index (Phi) is 2.89. The van der Waals surface area contributed by atoms with E-state index in [1.165, 1.54) is 0 Å². The summed E-state index contributed by atoms with van der Waals surface area (Å²) >= 11 is 7.55. The highest BCUT2D eigenvalue weighted by atomic mass is 35.5. The number of aryl methyl sites for hydroxylation is 1. The van der Waals surface area contributed by atoms with Gasteiger partial charge in [-0.2, -0.15) is 4.98 Å². The summed E-state index contributed by atoms with van der Waals surface area (Å²) < 4.78 is 1.66. The molecule has 0 aromatic carbocycles. The van der Waals surface area contributed by atoms with Crippen LogP contribution in [0, 0.1) is 6.92 Å². The van der Waals surface area contributed by atoms with Crippen molar-refractivity contribution in [2.24, 2.45) is 0 Å². The van der Waals surface area contributed by atoms with Crippen molar-refractivity contribution < 1.29 is 0 Å². The Morgan fingerprint density at radius 1 is 1.44 bits per heavy atom. The first-order valence-corrected chi connectivity index (χ1v) is 6.57. The van der Waals surface area contributed by atoms with E-state index >= 15 is 0 Å². The van der Waals surface area contributed by atoms with E-state index in [0.717, 1.165) is 15.5 Å². The van der Waals surface area contributed by atoms with Crippen LogP contribution in [0.15, 0.2) is 24.5 Å². The van der Waals surface area contributed by atoms with E-state index in [1.807, 2.05) is 19.2 Å². The fourth-order valence-electron chi connectivity index (χ4n) is 1.59. The van der Waals surface area contributed by atoms with E-state index in [4.69, 9.17) is 11.6 Å². The maximum absolute atomic E-state index is 5.89. The van der Waals surface area contributed by atoms with Crippen molar-refractivity contribution >= 4 is 34.5 Å². The highest BCUT2D eigenvalue weighted by Gasteiger charge is 2.04. The van der Waals surface area contributed by atoms with Crippen LogP contribution >= 0.6 is 22.9 Å². The fourth-order valence-corrected chi connectivity index (χ4v) is 2.48. The summed E-state index contributed by atoms with van der Waals surface area (Å²) in [5.74, 6) is 0.586. The van der Waals surface area contributed by atoms with Crippen LogP contribution in [0.4, 0.5) is 5.95 Å². The van der Waals surface area contributed by atoms with Crippen molar-refractivity contribution in [2.75, 3.05) is 5.32 Å². The van der Waals surface area contributed by atoms with Crippen LogP contribution in [-0.2, 0) is 6.54 Å². The lowest BCUT2D eigenvalue weighted by molar-refractivity contribution is 0.952. The normalized spacial score (nSPS) is 11.0. The number of pyridine rings is 1. The van der Waals surface area contributed by atoms with Gasteiger partial charge in [-0.1, -0.05) is 11.6 Å². The van der Waals surface area contributed by atoms with Crippen molar-refractivity contribution in [3.63, 3.8) is 0 Å². The quantitative estimate of drug-likeness (QED) is 0.801. The minimum Gasteiger partial charge on any atom is -0.348 e. The average Bonchev–Trinajstić information content (AvgIpc) is 2.92. The zero-order valence-corrected chi connectivity index (χ0v) is 11.2. The summed E-state index contributed by atoms with van der Waals surface area (Å²) in [6.45, 7) is 2.66. The van der Waals surface area contributed by atoms with Crippen LogP contribution in [0.25, 0.3) is 5.65 Å². The molecule has 0 saturated carbocycles. The van der Waals surface area contributed by atoms with Crippen LogP contribution in [0.3, 0.4) is 0 Å². The van der Waals surface area contributed by atoms with Gasteiger partial charge >= 0.3 is 0 Å². The minimum atomic E-state index is 0.586. The number of nitrogens with one attached hydrogen (secondary N) is 1. The molecule has 0 atom stereocenters. The van der Waals surface area contributed by atoms with Gasteiger partial charge in [0.25, 0.3) is 0 Å². The van der Waals surface area contributed by atoms with Gasteiger partial charge in [-0.15, -0.1) is 16.4 Å². The first kappa shape index (κ1) is 11.4. The van der Waals surface area contributed by atoms with Gasteiger partial charge in [-0.05, 0) is 19.1 Å². The number of hydrogen-bond acceptors (Lipinski definition) is 5. The van der Waals surface area contributed by atoms with E-state index in [-0.39, 0.29) is 0 Å². The molecule has 3 aromatic heterocycles. The number of thiazole rings is 1. The Hall–Kier alpha value is -1.66. The van der Waals surface area contributed by atoms with Crippen molar-refractivity contribution in [1.29, 1.82) is 0 Å². The summed E-state index contributed by atoms with van der Waals surface area (Å²) in [6.07, 6.45) is 3.59. The second kappa shape index (κ2) is 4.55. The molecule has 3 heterocycles. The van der Waals surface area contributed by atoms with E-state index in [1.54, 1.807) is 28.1 Å². The lowest BCUT2D eigenvalue weighted by atomic mass is 10.5. The monoisotopic (exact) mass is 279 g/mol. The van der Waals surface area contributed by atoms with Crippen molar-refractivity contribution in [1.82, 2.24) is 19.6 Å². The third-order valence-electron chi connectivity index (χ3n) is 2.38. The predicted molar refractivity (Wildman–Crippen MR) is 72.2 cm³/mol. The average molecular weight is 280 g/mol. The third kappa shape index (κ3) is 2.30. The van der Waals surface area contributed by atoms with Gasteiger partial charge in [0.15, 0.2) is 5.65 Å². The number of aromatic nitrogens is 4. The smallest absolute Gasteiger partial charge is 0.243 e. The maximum atomic E-state index is 5.89. The molecule has 18 heavy (non-hydrogen) atoms. The Bertz CT molecular complexity index is 690. The number of rotatable bonds is 3. The third-order valence-corrected chi connectivity index (χ3v) is 3.52. The Balaban J connectivity index is 1.78. The molecule has 92 valence electrons. The molecule has 0 aliphatic heterocycles. The van der Waals surface area contributed by atoms with Gasteiger partial charge in [0, 0.05) is 17.3 Å². The second-order valence-corrected chi connectivity index (χ2v) is 5.54. The molecule has 0 unspecified atom stereocenters. The molecule has 0 spiro atoms. The molecule has 0 aliphatic carbocycles. The van der Waals surface area contributed by atoms with Crippen LogP contribution in [0.2, 0.25) is 5.02 Å². The Morgan fingerprint density at radius 3 is 3.11 bits per heavy atom. The van der Waals surface area contributed by atoms with Crippen LogP contribution in [0.1, 0.15) is 9.88 Å². The van der Waals surface area contributed by atoms with Gasteiger partial charge < -0.3 is 5.32 Å². The summed E-state index contributed by atoms with van der Waals surface area (Å²) in [5.41, 5.74) is 0.766. The van der Waals surface area contributed by atoms with Gasteiger partial charge in [0.1, 0.15) is 0 Å². The molecule has 0 aliphatic rings. The molecule has 3 aromatic rings. The number of hydrogen-bond donors (Lipinski definition) is 1. The Labute approximate surface area is 112 Å². The molecule has 3 rings (SSSR count). The largest absolute Gasteiger partial charge is 0.348 e. The summed E-state index contributed by atoms with van der Waals surface area (Å²) in [5, 5.41) is 9.15. The van der Waals surface area contributed by atoms with Gasteiger partial charge in [0.05, 0.1) is 16.6 Å². The topological polar surface area (TPSA) is 55.1 Å². The minimum absolute atomic E-state index is 0.586. The Morgan fingerprint density at radius 2 is 2.33 bits per heavy atom. The van der Waals surface area contributed by atoms with Crippen molar-refractivity contribution in [2.45, 2.75) is 13.5 Å². The van der Waals surface area contributed by atoms with Crippen LogP contribution in [0.5, 0.6) is 0 Å². The van der Waals surface area contributed by atoms with Crippen molar-refractivity contribution in [3.8, 4) is 0 Å².